The van der Waals surface area contributed by atoms with Crippen molar-refractivity contribution in [1.82, 2.24) is 24.8 Å². The second-order valence-corrected chi connectivity index (χ2v) is 4.52. The number of H-pyrrole nitrogens is 1. The summed E-state index contributed by atoms with van der Waals surface area (Å²) in [4.78, 5) is 23.6. The number of carbonyl (C=O) groups excluding carboxylic acids is 1. The van der Waals surface area contributed by atoms with Crippen molar-refractivity contribution in [3.8, 4) is 0 Å². The van der Waals surface area contributed by atoms with Crippen LogP contribution in [0.2, 0.25) is 0 Å². The van der Waals surface area contributed by atoms with Gasteiger partial charge in [-0.05, 0) is 12.5 Å². The zero-order valence-corrected chi connectivity index (χ0v) is 10.9. The van der Waals surface area contributed by atoms with Gasteiger partial charge in [0.2, 0.25) is 5.91 Å². The first-order chi connectivity index (χ1) is 9.20. The minimum atomic E-state index is 0.0105. The minimum absolute atomic E-state index is 0.0105. The van der Waals surface area contributed by atoms with Crippen molar-refractivity contribution in [2.24, 2.45) is 7.05 Å². The van der Waals surface area contributed by atoms with Crippen molar-refractivity contribution >= 4 is 28.0 Å². The molecule has 0 aliphatic heterocycles. The van der Waals surface area contributed by atoms with E-state index in [1.54, 1.807) is 12.5 Å². The molecule has 19 heavy (non-hydrogen) atoms. The molecule has 0 bridgehead atoms. The molecule has 0 atom stereocenters. The molecule has 3 aromatic rings. The lowest BCUT2D eigenvalue weighted by atomic mass is 10.1. The Morgan fingerprint density at radius 1 is 1.47 bits per heavy atom. The van der Waals surface area contributed by atoms with Gasteiger partial charge in [0.25, 0.3) is 0 Å². The van der Waals surface area contributed by atoms with Gasteiger partial charge in [-0.1, -0.05) is 0 Å². The van der Waals surface area contributed by atoms with Crippen LogP contribution in [-0.4, -0.2) is 32.0 Å². The van der Waals surface area contributed by atoms with Crippen LogP contribution in [0.4, 0.5) is 0 Å². The highest BCUT2D eigenvalue weighted by atomic mass is 16.1. The summed E-state index contributed by atoms with van der Waals surface area (Å²) in [5, 5.41) is 3.74. The van der Waals surface area contributed by atoms with Crippen LogP contribution < -0.4 is 5.32 Å². The van der Waals surface area contributed by atoms with E-state index in [4.69, 9.17) is 0 Å². The van der Waals surface area contributed by atoms with Gasteiger partial charge in [-0.3, -0.25) is 4.79 Å². The Morgan fingerprint density at radius 2 is 2.32 bits per heavy atom. The topological polar surface area (TPSA) is 75.6 Å². The molecule has 6 nitrogen and oxygen atoms in total. The first-order valence-corrected chi connectivity index (χ1v) is 6.23. The molecule has 3 heterocycles. The molecule has 3 aromatic heterocycles. The second kappa shape index (κ2) is 4.38. The van der Waals surface area contributed by atoms with E-state index in [0.29, 0.717) is 13.0 Å². The fraction of sp³-hybridized carbons (Fsp3) is 0.308. The quantitative estimate of drug-likeness (QED) is 0.738. The van der Waals surface area contributed by atoms with Crippen LogP contribution in [0.3, 0.4) is 0 Å². The van der Waals surface area contributed by atoms with Gasteiger partial charge in [0.15, 0.2) is 0 Å². The lowest BCUT2D eigenvalue weighted by Gasteiger charge is -2.01. The summed E-state index contributed by atoms with van der Waals surface area (Å²) in [5.74, 6) is 0.0105. The average molecular weight is 257 g/mol. The lowest BCUT2D eigenvalue weighted by molar-refractivity contribution is -0.120. The van der Waals surface area contributed by atoms with Gasteiger partial charge < -0.3 is 14.9 Å². The fourth-order valence-electron chi connectivity index (χ4n) is 2.30. The van der Waals surface area contributed by atoms with Crippen LogP contribution in [-0.2, 0) is 18.3 Å². The highest BCUT2D eigenvalue weighted by Crippen LogP contribution is 2.25. The number of fused-ring (bicyclic) bond motifs is 3. The molecule has 0 unspecified atom stereocenters. The van der Waals surface area contributed by atoms with Crippen molar-refractivity contribution < 1.29 is 4.79 Å². The van der Waals surface area contributed by atoms with Crippen molar-refractivity contribution in [2.45, 2.75) is 13.3 Å². The number of amides is 1. The molecule has 3 rings (SSSR count). The zero-order chi connectivity index (χ0) is 13.4. The number of aromatic nitrogens is 4. The summed E-state index contributed by atoms with van der Waals surface area (Å²) in [6.45, 7) is 2.55. The number of likely N-dealkylation sites (N-methyl/N-ethyl adjacent to an activating group) is 1. The Bertz CT molecular complexity index is 755. The van der Waals surface area contributed by atoms with Gasteiger partial charge >= 0.3 is 0 Å². The summed E-state index contributed by atoms with van der Waals surface area (Å²) in [6.07, 6.45) is 5.72. The molecule has 0 radical (unpaired) electrons. The summed E-state index contributed by atoms with van der Waals surface area (Å²) < 4.78 is 1.92. The van der Waals surface area contributed by atoms with E-state index in [2.05, 4.69) is 20.3 Å². The number of hydrogen-bond donors (Lipinski definition) is 2. The second-order valence-electron chi connectivity index (χ2n) is 4.52. The zero-order valence-electron chi connectivity index (χ0n) is 10.9. The van der Waals surface area contributed by atoms with Gasteiger partial charge in [0.05, 0.1) is 29.8 Å². The van der Waals surface area contributed by atoms with E-state index in [1.165, 1.54) is 0 Å². The molecule has 1 amide bonds. The SMILES string of the molecule is CCNC(=O)Cc1c[nH]c2ncc3c(ncn3C)c12. The first-order valence-electron chi connectivity index (χ1n) is 6.23. The predicted octanol–water partition coefficient (Wildman–Crippen LogP) is 1.13. The van der Waals surface area contributed by atoms with Crippen LogP contribution in [0.5, 0.6) is 0 Å². The normalized spacial score (nSPS) is 11.3. The number of aromatic amines is 1. The van der Waals surface area contributed by atoms with E-state index in [0.717, 1.165) is 27.6 Å². The molecule has 0 aliphatic rings. The third-order valence-corrected chi connectivity index (χ3v) is 3.20. The molecule has 0 spiro atoms. The molecule has 6 heteroatoms. The maximum atomic E-state index is 11.7. The maximum Gasteiger partial charge on any atom is 0.224 e. The van der Waals surface area contributed by atoms with Crippen LogP contribution in [0, 0.1) is 0 Å². The van der Waals surface area contributed by atoms with Gasteiger partial charge in [0.1, 0.15) is 11.2 Å². The number of pyridine rings is 1. The maximum absolute atomic E-state index is 11.7. The largest absolute Gasteiger partial charge is 0.356 e. The number of nitrogens with one attached hydrogen (secondary N) is 2. The van der Waals surface area contributed by atoms with Crippen LogP contribution in [0.25, 0.3) is 22.1 Å². The predicted molar refractivity (Wildman–Crippen MR) is 72.8 cm³/mol. The van der Waals surface area contributed by atoms with E-state index >= 15 is 0 Å². The van der Waals surface area contributed by atoms with Gasteiger partial charge in [0, 0.05) is 19.8 Å². The fourth-order valence-corrected chi connectivity index (χ4v) is 2.30. The molecule has 0 aliphatic carbocycles. The first kappa shape index (κ1) is 11.7. The van der Waals surface area contributed by atoms with Gasteiger partial charge in [-0.15, -0.1) is 0 Å². The summed E-state index contributed by atoms with van der Waals surface area (Å²) in [5.41, 5.74) is 3.54. The highest BCUT2D eigenvalue weighted by Gasteiger charge is 2.14. The van der Waals surface area contributed by atoms with Gasteiger partial charge in [-0.25, -0.2) is 9.97 Å². The summed E-state index contributed by atoms with van der Waals surface area (Å²) in [7, 11) is 1.93. The molecule has 98 valence electrons. The smallest absolute Gasteiger partial charge is 0.224 e. The summed E-state index contributed by atoms with van der Waals surface area (Å²) in [6, 6.07) is 0. The molecule has 0 saturated heterocycles. The van der Waals surface area contributed by atoms with E-state index in [9.17, 15) is 4.79 Å². The minimum Gasteiger partial charge on any atom is -0.356 e. The Balaban J connectivity index is 2.15. The standard InChI is InChI=1S/C13H15N5O/c1-3-14-10(19)4-8-5-15-13-11(8)12-9(6-16-13)18(2)7-17-12/h5-7H,3-4H2,1-2H3,(H,14,19)(H,15,16). The third-order valence-electron chi connectivity index (χ3n) is 3.20. The van der Waals surface area contributed by atoms with Crippen molar-refractivity contribution in [3.05, 3.63) is 24.3 Å². The van der Waals surface area contributed by atoms with Crippen LogP contribution in [0.15, 0.2) is 18.7 Å². The van der Waals surface area contributed by atoms with Crippen molar-refractivity contribution in [3.63, 3.8) is 0 Å². The van der Waals surface area contributed by atoms with E-state index in [-0.39, 0.29) is 5.91 Å². The van der Waals surface area contributed by atoms with Crippen molar-refractivity contribution in [1.29, 1.82) is 0 Å². The lowest BCUT2D eigenvalue weighted by Crippen LogP contribution is -2.24. The Hall–Kier alpha value is -2.37. The molecular weight excluding hydrogens is 242 g/mol. The van der Waals surface area contributed by atoms with Crippen LogP contribution in [0.1, 0.15) is 12.5 Å². The molecule has 0 aromatic carbocycles. The molecular formula is C13H15N5O. The molecule has 0 fully saturated rings. The number of imidazole rings is 1. The molecule has 0 saturated carbocycles. The highest BCUT2D eigenvalue weighted by molar-refractivity contribution is 6.04. The number of aryl methyl sites for hydroxylation is 1. The number of nitrogens with zero attached hydrogens (tertiary/aromatic N) is 3. The summed E-state index contributed by atoms with van der Waals surface area (Å²) >= 11 is 0. The van der Waals surface area contributed by atoms with E-state index < -0.39 is 0 Å². The van der Waals surface area contributed by atoms with Crippen LogP contribution >= 0.6 is 0 Å². The Labute approximate surface area is 109 Å². The van der Waals surface area contributed by atoms with Crippen molar-refractivity contribution in [2.75, 3.05) is 6.54 Å². The number of rotatable bonds is 3. The number of hydrogen-bond acceptors (Lipinski definition) is 3. The Morgan fingerprint density at radius 3 is 3.11 bits per heavy atom. The Kier molecular flexibility index (Phi) is 2.70. The molecule has 2 N–H and O–H groups in total. The average Bonchev–Trinajstić information content (AvgIpc) is 2.94. The van der Waals surface area contributed by atoms with Gasteiger partial charge in [-0.2, -0.15) is 0 Å². The number of carbonyl (C=O) groups is 1. The van der Waals surface area contributed by atoms with E-state index in [1.807, 2.05) is 24.7 Å². The third kappa shape index (κ3) is 1.85. The monoisotopic (exact) mass is 257 g/mol.